The first kappa shape index (κ1) is 9.21. The maximum Gasteiger partial charge on any atom is 0.277 e. The largest absolute Gasteiger partial charge is 0.277 e. The second kappa shape index (κ2) is 3.80. The maximum atomic E-state index is 11.8. The van der Waals surface area contributed by atoms with E-state index in [1.165, 1.54) is 5.06 Å². The number of amides is 1. The molecular weight excluding hydrogens is 178 g/mol. The molecule has 1 saturated heterocycles. The fraction of sp³-hybridized carbons (Fsp3) is 0.364. The Kier molecular flexibility index (Phi) is 2.50. The van der Waals surface area contributed by atoms with Gasteiger partial charge in [-0.1, -0.05) is 17.7 Å². The van der Waals surface area contributed by atoms with Crippen molar-refractivity contribution in [3.8, 4) is 0 Å². The van der Waals surface area contributed by atoms with Crippen LogP contribution in [0.2, 0.25) is 0 Å². The van der Waals surface area contributed by atoms with Gasteiger partial charge in [-0.2, -0.15) is 0 Å². The summed E-state index contributed by atoms with van der Waals surface area (Å²) in [4.78, 5) is 17.0. The first-order valence-corrected chi connectivity index (χ1v) is 4.79. The van der Waals surface area contributed by atoms with Gasteiger partial charge >= 0.3 is 0 Å². The van der Waals surface area contributed by atoms with E-state index in [9.17, 15) is 4.79 Å². The van der Waals surface area contributed by atoms with Crippen LogP contribution in [0.1, 0.15) is 22.3 Å². The Morgan fingerprint density at radius 3 is 3.00 bits per heavy atom. The molecule has 0 aromatic heterocycles. The summed E-state index contributed by atoms with van der Waals surface area (Å²) in [5, 5.41) is 1.44. The minimum atomic E-state index is -0.0359. The van der Waals surface area contributed by atoms with Gasteiger partial charge in [0.2, 0.25) is 0 Å². The highest BCUT2D eigenvalue weighted by molar-refractivity contribution is 5.93. The third-order valence-corrected chi connectivity index (χ3v) is 2.24. The van der Waals surface area contributed by atoms with Crippen molar-refractivity contribution in [3.63, 3.8) is 0 Å². The number of benzene rings is 1. The Bertz CT molecular complexity index is 343. The summed E-state index contributed by atoms with van der Waals surface area (Å²) < 4.78 is 0. The summed E-state index contributed by atoms with van der Waals surface area (Å²) in [5.41, 5.74) is 1.79. The molecule has 0 aliphatic carbocycles. The molecule has 1 amide bonds. The van der Waals surface area contributed by atoms with Gasteiger partial charge in [0.25, 0.3) is 5.91 Å². The zero-order valence-corrected chi connectivity index (χ0v) is 8.19. The summed E-state index contributed by atoms with van der Waals surface area (Å²) in [7, 11) is 0. The molecule has 14 heavy (non-hydrogen) atoms. The molecule has 2 rings (SSSR count). The van der Waals surface area contributed by atoms with Crippen LogP contribution < -0.4 is 0 Å². The quantitative estimate of drug-likeness (QED) is 0.677. The molecule has 1 aliphatic heterocycles. The summed E-state index contributed by atoms with van der Waals surface area (Å²) in [6, 6.07) is 7.56. The van der Waals surface area contributed by atoms with E-state index in [4.69, 9.17) is 4.84 Å². The number of carbonyl (C=O) groups is 1. The average molecular weight is 191 g/mol. The zero-order chi connectivity index (χ0) is 9.97. The van der Waals surface area contributed by atoms with Crippen LogP contribution in [0.3, 0.4) is 0 Å². The lowest BCUT2D eigenvalue weighted by atomic mass is 10.1. The molecule has 1 aromatic rings. The van der Waals surface area contributed by atoms with Crippen LogP contribution in [0.25, 0.3) is 0 Å². The van der Waals surface area contributed by atoms with Gasteiger partial charge in [0, 0.05) is 5.56 Å². The first-order chi connectivity index (χ1) is 6.77. The van der Waals surface area contributed by atoms with Crippen LogP contribution in [0.4, 0.5) is 0 Å². The highest BCUT2D eigenvalue weighted by atomic mass is 16.7. The van der Waals surface area contributed by atoms with E-state index in [-0.39, 0.29) is 5.91 Å². The number of carbonyl (C=O) groups excluding carboxylic acids is 1. The number of rotatable bonds is 1. The van der Waals surface area contributed by atoms with Gasteiger partial charge in [-0.25, -0.2) is 5.06 Å². The van der Waals surface area contributed by atoms with Crippen molar-refractivity contribution in [3.05, 3.63) is 35.4 Å². The van der Waals surface area contributed by atoms with Crippen LogP contribution in [0, 0.1) is 6.92 Å². The van der Waals surface area contributed by atoms with E-state index in [2.05, 4.69) is 0 Å². The molecule has 0 atom stereocenters. The lowest BCUT2D eigenvalue weighted by Gasteiger charge is -2.13. The Labute approximate surface area is 83.2 Å². The standard InChI is InChI=1S/C11H13NO2/c1-9-4-2-5-10(8-9)11(13)12-6-3-7-14-12/h2,4-5,8H,3,6-7H2,1H3. The molecule has 0 bridgehead atoms. The minimum Gasteiger partial charge on any atom is -0.271 e. The Balaban J connectivity index is 2.17. The second-order valence-corrected chi connectivity index (χ2v) is 3.46. The van der Waals surface area contributed by atoms with Gasteiger partial charge < -0.3 is 0 Å². The van der Waals surface area contributed by atoms with Gasteiger partial charge in [-0.05, 0) is 25.5 Å². The van der Waals surface area contributed by atoms with Crippen molar-refractivity contribution in [2.45, 2.75) is 13.3 Å². The summed E-state index contributed by atoms with van der Waals surface area (Å²) in [5.74, 6) is -0.0359. The van der Waals surface area contributed by atoms with E-state index in [1.807, 2.05) is 31.2 Å². The highest BCUT2D eigenvalue weighted by Gasteiger charge is 2.20. The van der Waals surface area contributed by atoms with Crippen molar-refractivity contribution < 1.29 is 9.63 Å². The normalized spacial score (nSPS) is 15.9. The molecule has 0 saturated carbocycles. The highest BCUT2D eigenvalue weighted by Crippen LogP contribution is 2.12. The molecule has 0 radical (unpaired) electrons. The third-order valence-electron chi connectivity index (χ3n) is 2.24. The monoisotopic (exact) mass is 191 g/mol. The van der Waals surface area contributed by atoms with Crippen LogP contribution in [-0.2, 0) is 4.84 Å². The van der Waals surface area contributed by atoms with E-state index in [0.717, 1.165) is 12.0 Å². The van der Waals surface area contributed by atoms with Crippen LogP contribution in [0.5, 0.6) is 0 Å². The predicted octanol–water partition coefficient (Wildman–Crippen LogP) is 1.77. The van der Waals surface area contributed by atoms with Crippen molar-refractivity contribution in [2.24, 2.45) is 0 Å². The van der Waals surface area contributed by atoms with Crippen molar-refractivity contribution >= 4 is 5.91 Å². The third kappa shape index (κ3) is 1.77. The smallest absolute Gasteiger partial charge is 0.271 e. The lowest BCUT2D eigenvalue weighted by Crippen LogP contribution is -2.26. The van der Waals surface area contributed by atoms with Gasteiger partial charge in [0.1, 0.15) is 0 Å². The Hall–Kier alpha value is -1.35. The SMILES string of the molecule is Cc1cccc(C(=O)N2CCCO2)c1. The van der Waals surface area contributed by atoms with E-state index in [1.54, 1.807) is 0 Å². The van der Waals surface area contributed by atoms with E-state index >= 15 is 0 Å². The lowest BCUT2D eigenvalue weighted by molar-refractivity contribution is -0.0768. The van der Waals surface area contributed by atoms with Crippen molar-refractivity contribution in [1.29, 1.82) is 0 Å². The van der Waals surface area contributed by atoms with Crippen molar-refractivity contribution in [1.82, 2.24) is 5.06 Å². The maximum absolute atomic E-state index is 11.8. The molecule has 1 aromatic carbocycles. The average Bonchev–Trinajstić information content (AvgIpc) is 2.69. The molecular formula is C11H13NO2. The van der Waals surface area contributed by atoms with Crippen LogP contribution in [0.15, 0.2) is 24.3 Å². The zero-order valence-electron chi connectivity index (χ0n) is 8.19. The molecule has 3 heteroatoms. The Morgan fingerprint density at radius 1 is 1.50 bits per heavy atom. The fourth-order valence-electron chi connectivity index (χ4n) is 1.53. The molecule has 1 heterocycles. The molecule has 0 N–H and O–H groups in total. The van der Waals surface area contributed by atoms with E-state index in [0.29, 0.717) is 18.7 Å². The molecule has 1 fully saturated rings. The van der Waals surface area contributed by atoms with Gasteiger partial charge in [-0.15, -0.1) is 0 Å². The van der Waals surface area contributed by atoms with E-state index < -0.39 is 0 Å². The number of hydroxylamine groups is 2. The number of hydrogen-bond acceptors (Lipinski definition) is 2. The summed E-state index contributed by atoms with van der Waals surface area (Å²) in [6.45, 7) is 3.33. The van der Waals surface area contributed by atoms with Gasteiger partial charge in [0.05, 0.1) is 13.2 Å². The number of aryl methyl sites for hydroxylation is 1. The predicted molar refractivity (Wildman–Crippen MR) is 52.8 cm³/mol. The minimum absolute atomic E-state index is 0.0359. The summed E-state index contributed by atoms with van der Waals surface area (Å²) in [6.07, 6.45) is 0.928. The van der Waals surface area contributed by atoms with Gasteiger partial charge in [0.15, 0.2) is 0 Å². The molecule has 74 valence electrons. The first-order valence-electron chi connectivity index (χ1n) is 4.79. The molecule has 3 nitrogen and oxygen atoms in total. The van der Waals surface area contributed by atoms with Crippen molar-refractivity contribution in [2.75, 3.05) is 13.2 Å². The number of nitrogens with zero attached hydrogens (tertiary/aromatic N) is 1. The summed E-state index contributed by atoms with van der Waals surface area (Å²) >= 11 is 0. The Morgan fingerprint density at radius 2 is 2.36 bits per heavy atom. The second-order valence-electron chi connectivity index (χ2n) is 3.46. The number of hydrogen-bond donors (Lipinski definition) is 0. The van der Waals surface area contributed by atoms with Gasteiger partial charge in [-0.3, -0.25) is 9.63 Å². The fourth-order valence-corrected chi connectivity index (χ4v) is 1.53. The topological polar surface area (TPSA) is 29.5 Å². The van der Waals surface area contributed by atoms with Crippen LogP contribution >= 0.6 is 0 Å². The van der Waals surface area contributed by atoms with Crippen LogP contribution in [-0.4, -0.2) is 24.1 Å². The molecule has 1 aliphatic rings. The molecule has 0 spiro atoms. The molecule has 0 unspecified atom stereocenters.